The summed E-state index contributed by atoms with van der Waals surface area (Å²) in [6.07, 6.45) is -2.58. The molecule has 0 saturated heterocycles. The molecular weight excluding hydrogens is 425 g/mol. The third kappa shape index (κ3) is 4.66. The molecule has 3 rings (SSSR count). The summed E-state index contributed by atoms with van der Waals surface area (Å²) < 4.78 is 38.3. The minimum atomic E-state index is -4.56. The Hall–Kier alpha value is -3.66. The number of nitrogens with one attached hydrogen (secondary N) is 3. The summed E-state index contributed by atoms with van der Waals surface area (Å²) in [6, 6.07) is 8.93. The van der Waals surface area contributed by atoms with Crippen molar-refractivity contribution in [2.75, 3.05) is 0 Å². The third-order valence-corrected chi connectivity index (χ3v) is 4.29. The number of amides is 2. The number of alkyl halides is 3. The lowest BCUT2D eigenvalue weighted by Crippen LogP contribution is -2.41. The highest BCUT2D eigenvalue weighted by Crippen LogP contribution is 2.32. The molecule has 0 radical (unpaired) electrons. The number of hydrogen-bond acceptors (Lipinski definition) is 4. The van der Waals surface area contributed by atoms with Gasteiger partial charge in [0.05, 0.1) is 10.9 Å². The fourth-order valence-electron chi connectivity index (χ4n) is 2.52. The number of benzene rings is 2. The minimum absolute atomic E-state index is 0.0139. The van der Waals surface area contributed by atoms with Crippen molar-refractivity contribution in [2.24, 2.45) is 0 Å². The van der Waals surface area contributed by atoms with Crippen LogP contribution in [0.5, 0.6) is 0 Å². The van der Waals surface area contributed by atoms with Crippen LogP contribution in [0.2, 0.25) is 5.02 Å². The summed E-state index contributed by atoms with van der Waals surface area (Å²) in [6.45, 7) is 0. The zero-order valence-corrected chi connectivity index (χ0v) is 15.6. The van der Waals surface area contributed by atoms with E-state index in [0.717, 1.165) is 30.4 Å². The van der Waals surface area contributed by atoms with Crippen molar-refractivity contribution in [3.05, 3.63) is 80.7 Å². The predicted octanol–water partition coefficient (Wildman–Crippen LogP) is 3.07. The van der Waals surface area contributed by atoms with E-state index >= 15 is 0 Å². The lowest BCUT2D eigenvalue weighted by atomic mass is 10.1. The predicted molar refractivity (Wildman–Crippen MR) is 103 cm³/mol. The van der Waals surface area contributed by atoms with Crippen molar-refractivity contribution in [1.29, 1.82) is 0 Å². The number of H-pyrrole nitrogens is 1. The minimum Gasteiger partial charge on any atom is -0.268 e. The van der Waals surface area contributed by atoms with Gasteiger partial charge in [-0.15, -0.1) is 0 Å². The topological polar surface area (TPSA) is 104 Å². The molecule has 0 aliphatic heterocycles. The molecule has 0 unspecified atom stereocenters. The molecule has 2 amide bonds. The maximum absolute atomic E-state index is 12.8. The van der Waals surface area contributed by atoms with Crippen molar-refractivity contribution in [1.82, 2.24) is 21.0 Å². The summed E-state index contributed by atoms with van der Waals surface area (Å²) in [7, 11) is 0. The summed E-state index contributed by atoms with van der Waals surface area (Å²) in [5.74, 6) is -1.63. The molecule has 7 nitrogen and oxygen atoms in total. The van der Waals surface area contributed by atoms with Gasteiger partial charge in [0, 0.05) is 16.5 Å². The highest BCUT2D eigenvalue weighted by atomic mass is 35.5. The molecule has 0 bridgehead atoms. The van der Waals surface area contributed by atoms with Gasteiger partial charge in [-0.05, 0) is 35.9 Å². The van der Waals surface area contributed by atoms with Gasteiger partial charge >= 0.3 is 6.18 Å². The number of carbonyl (C=O) groups is 2. The van der Waals surface area contributed by atoms with Gasteiger partial charge < -0.3 is 0 Å². The molecule has 0 atom stereocenters. The number of halogens is 4. The first-order valence-corrected chi connectivity index (χ1v) is 8.67. The molecule has 0 saturated carbocycles. The maximum Gasteiger partial charge on any atom is 0.416 e. The number of nitrogens with zero attached hydrogens (tertiary/aromatic N) is 1. The Morgan fingerprint density at radius 1 is 1.07 bits per heavy atom. The molecule has 30 heavy (non-hydrogen) atoms. The Balaban J connectivity index is 1.71. The van der Waals surface area contributed by atoms with Crippen molar-refractivity contribution >= 4 is 40.3 Å². The van der Waals surface area contributed by atoms with Crippen LogP contribution in [-0.2, 0) is 11.0 Å². The van der Waals surface area contributed by atoms with Gasteiger partial charge in [-0.3, -0.25) is 25.2 Å². The largest absolute Gasteiger partial charge is 0.416 e. The van der Waals surface area contributed by atoms with E-state index in [-0.39, 0.29) is 27.1 Å². The van der Waals surface area contributed by atoms with Crippen molar-refractivity contribution < 1.29 is 22.8 Å². The molecular formula is C19H12ClF3N4O3. The summed E-state index contributed by atoms with van der Waals surface area (Å²) >= 11 is 5.85. The zero-order valence-electron chi connectivity index (χ0n) is 14.9. The molecule has 0 spiro atoms. The second kappa shape index (κ2) is 8.37. The number of aromatic nitrogens is 2. The Bertz CT molecular complexity index is 1220. The average molecular weight is 437 g/mol. The first kappa shape index (κ1) is 21.1. The Morgan fingerprint density at radius 2 is 1.77 bits per heavy atom. The van der Waals surface area contributed by atoms with E-state index < -0.39 is 29.1 Å². The van der Waals surface area contributed by atoms with Gasteiger partial charge in [-0.1, -0.05) is 29.8 Å². The molecule has 3 N–H and O–H groups in total. The lowest BCUT2D eigenvalue weighted by molar-refractivity contribution is -0.137. The second-order valence-corrected chi connectivity index (χ2v) is 6.36. The highest BCUT2D eigenvalue weighted by molar-refractivity contribution is 6.32. The molecule has 1 heterocycles. The number of hydrazine groups is 1. The number of hydrogen-bond donors (Lipinski definition) is 3. The number of aromatic amines is 1. The Kier molecular flexibility index (Phi) is 5.88. The molecule has 2 aromatic carbocycles. The highest BCUT2D eigenvalue weighted by Gasteiger charge is 2.30. The summed E-state index contributed by atoms with van der Waals surface area (Å²) in [5.41, 5.74) is 2.63. The molecule has 11 heteroatoms. The number of carbonyl (C=O) groups excluding carboxylic acids is 2. The fourth-order valence-corrected chi connectivity index (χ4v) is 2.70. The van der Waals surface area contributed by atoms with E-state index in [2.05, 4.69) is 21.0 Å². The van der Waals surface area contributed by atoms with Crippen molar-refractivity contribution in [3.8, 4) is 0 Å². The monoisotopic (exact) mass is 436 g/mol. The average Bonchev–Trinajstić information content (AvgIpc) is 2.71. The lowest BCUT2D eigenvalue weighted by Gasteiger charge is -2.08. The van der Waals surface area contributed by atoms with Gasteiger partial charge in [0.25, 0.3) is 17.4 Å². The van der Waals surface area contributed by atoms with Crippen LogP contribution in [0.15, 0.2) is 53.3 Å². The van der Waals surface area contributed by atoms with Gasteiger partial charge in [0.15, 0.2) is 5.69 Å². The van der Waals surface area contributed by atoms with E-state index in [4.69, 9.17) is 11.6 Å². The summed E-state index contributed by atoms with van der Waals surface area (Å²) in [5, 5.41) is 6.39. The number of rotatable bonds is 3. The molecule has 154 valence electrons. The van der Waals surface area contributed by atoms with Crippen LogP contribution in [-0.4, -0.2) is 22.0 Å². The van der Waals surface area contributed by atoms with Gasteiger partial charge in [0.1, 0.15) is 0 Å². The molecule has 1 aromatic heterocycles. The van der Waals surface area contributed by atoms with Gasteiger partial charge in [-0.2, -0.15) is 18.3 Å². The second-order valence-electron chi connectivity index (χ2n) is 5.96. The Morgan fingerprint density at radius 3 is 2.47 bits per heavy atom. The van der Waals surface area contributed by atoms with Crippen LogP contribution in [0.3, 0.4) is 0 Å². The van der Waals surface area contributed by atoms with E-state index in [1.807, 2.05) is 0 Å². The van der Waals surface area contributed by atoms with Crippen LogP contribution in [0.1, 0.15) is 21.6 Å². The van der Waals surface area contributed by atoms with E-state index in [0.29, 0.717) is 0 Å². The van der Waals surface area contributed by atoms with E-state index in [1.165, 1.54) is 12.1 Å². The maximum atomic E-state index is 12.8. The SMILES string of the molecule is O=C(/C=C/c1cc(C(F)(F)F)ccc1Cl)NNC(=O)c1n[nH]c(=O)c2ccccc12. The third-order valence-electron chi connectivity index (χ3n) is 3.95. The molecule has 0 aliphatic rings. The van der Waals surface area contributed by atoms with Crippen LogP contribution in [0.25, 0.3) is 16.8 Å². The normalized spacial score (nSPS) is 11.6. The first-order chi connectivity index (χ1) is 14.2. The summed E-state index contributed by atoms with van der Waals surface area (Å²) in [4.78, 5) is 35.9. The first-order valence-electron chi connectivity index (χ1n) is 8.29. The standard InChI is InChI=1S/C19H12ClF3N4O3/c20-14-7-6-11(19(21,22)23)9-10(14)5-8-15(28)24-27-18(30)16-12-3-1-2-4-13(12)17(29)26-25-16/h1-9H,(H,24,28)(H,26,29)(H,27,30)/b8-5+. The zero-order chi connectivity index (χ0) is 21.9. The van der Waals surface area contributed by atoms with Crippen molar-refractivity contribution in [3.63, 3.8) is 0 Å². The Labute approximate surface area is 171 Å². The quantitative estimate of drug-likeness (QED) is 0.433. The van der Waals surface area contributed by atoms with Crippen LogP contribution >= 0.6 is 11.6 Å². The van der Waals surface area contributed by atoms with E-state index in [9.17, 15) is 27.6 Å². The van der Waals surface area contributed by atoms with Crippen LogP contribution in [0, 0.1) is 0 Å². The van der Waals surface area contributed by atoms with Gasteiger partial charge in [0.2, 0.25) is 0 Å². The van der Waals surface area contributed by atoms with Crippen molar-refractivity contribution in [2.45, 2.75) is 6.18 Å². The smallest absolute Gasteiger partial charge is 0.268 e. The molecule has 0 aliphatic carbocycles. The van der Waals surface area contributed by atoms with Gasteiger partial charge in [-0.25, -0.2) is 5.10 Å². The van der Waals surface area contributed by atoms with Crippen LogP contribution in [0.4, 0.5) is 13.2 Å². The number of fused-ring (bicyclic) bond motifs is 1. The molecule has 0 fully saturated rings. The fraction of sp³-hybridized carbons (Fsp3) is 0.0526. The molecule has 3 aromatic rings. The van der Waals surface area contributed by atoms with Crippen LogP contribution < -0.4 is 16.4 Å². The van der Waals surface area contributed by atoms with E-state index in [1.54, 1.807) is 12.1 Å².